The maximum Gasteiger partial charge on any atom is 0.292 e. The molecule has 7 heteroatoms. The second-order valence-corrected chi connectivity index (χ2v) is 8.55. The zero-order chi connectivity index (χ0) is 20.7. The Kier molecular flexibility index (Phi) is 4.70. The van der Waals surface area contributed by atoms with Gasteiger partial charge in [-0.1, -0.05) is 34.6 Å². The molecule has 2 aliphatic heterocycles. The smallest absolute Gasteiger partial charge is 0.292 e. The predicted octanol–water partition coefficient (Wildman–Crippen LogP) is 3.47. The molecule has 0 saturated carbocycles. The number of hydrogen-bond acceptors (Lipinski definition) is 6. The molecule has 1 saturated heterocycles. The van der Waals surface area contributed by atoms with E-state index in [1.54, 1.807) is 6.07 Å². The van der Waals surface area contributed by atoms with Crippen molar-refractivity contribution < 1.29 is 13.8 Å². The van der Waals surface area contributed by atoms with Gasteiger partial charge in [0.1, 0.15) is 5.76 Å². The van der Waals surface area contributed by atoms with Crippen LogP contribution >= 0.6 is 0 Å². The molecule has 3 aromatic rings. The normalized spacial score (nSPS) is 18.5. The molecule has 156 valence electrons. The topological polar surface area (TPSA) is 75.6 Å². The Labute approximate surface area is 175 Å². The number of amides is 1. The van der Waals surface area contributed by atoms with Crippen LogP contribution < -0.4 is 0 Å². The predicted molar refractivity (Wildman–Crippen MR) is 110 cm³/mol. The summed E-state index contributed by atoms with van der Waals surface area (Å²) in [6.45, 7) is 8.11. The molecule has 4 heterocycles. The Morgan fingerprint density at radius 3 is 2.63 bits per heavy atom. The van der Waals surface area contributed by atoms with Crippen LogP contribution in [-0.4, -0.2) is 45.7 Å². The fourth-order valence-corrected chi connectivity index (χ4v) is 5.03. The van der Waals surface area contributed by atoms with E-state index < -0.39 is 0 Å². The quantitative estimate of drug-likeness (QED) is 0.663. The lowest BCUT2D eigenvalue weighted by atomic mass is 9.68. The third-order valence-corrected chi connectivity index (χ3v) is 6.76. The van der Waals surface area contributed by atoms with Gasteiger partial charge in [-0.25, -0.2) is 0 Å². The number of piperidine rings is 1. The zero-order valence-electron chi connectivity index (χ0n) is 17.4. The van der Waals surface area contributed by atoms with Gasteiger partial charge in [0.15, 0.2) is 0 Å². The van der Waals surface area contributed by atoms with E-state index in [0.717, 1.165) is 43.9 Å². The first-order chi connectivity index (χ1) is 14.6. The van der Waals surface area contributed by atoms with Gasteiger partial charge in [0.2, 0.25) is 5.76 Å². The molecular formula is C23H26N4O3. The lowest BCUT2D eigenvalue weighted by Gasteiger charge is -2.48. The first-order valence-corrected chi connectivity index (χ1v) is 10.5. The van der Waals surface area contributed by atoms with Crippen molar-refractivity contribution in [2.24, 2.45) is 0 Å². The first-order valence-electron chi connectivity index (χ1n) is 10.5. The van der Waals surface area contributed by atoms with Crippen LogP contribution in [0, 0.1) is 13.8 Å². The minimum Gasteiger partial charge on any atom is -0.361 e. The van der Waals surface area contributed by atoms with E-state index in [-0.39, 0.29) is 11.3 Å². The number of rotatable bonds is 3. The van der Waals surface area contributed by atoms with Gasteiger partial charge in [-0.2, -0.15) is 0 Å². The summed E-state index contributed by atoms with van der Waals surface area (Å²) in [5.74, 6) is 1.12. The van der Waals surface area contributed by atoms with Crippen LogP contribution in [0.2, 0.25) is 0 Å². The summed E-state index contributed by atoms with van der Waals surface area (Å²) in [6, 6.07) is 10.2. The number of carbonyl (C=O) groups is 1. The largest absolute Gasteiger partial charge is 0.361 e. The highest BCUT2D eigenvalue weighted by Crippen LogP contribution is 2.42. The number of aryl methyl sites for hydroxylation is 2. The summed E-state index contributed by atoms with van der Waals surface area (Å²) in [4.78, 5) is 17.4. The van der Waals surface area contributed by atoms with Gasteiger partial charge in [-0.3, -0.25) is 9.69 Å². The Morgan fingerprint density at radius 2 is 1.93 bits per heavy atom. The Bertz CT molecular complexity index is 1030. The van der Waals surface area contributed by atoms with Gasteiger partial charge in [0.25, 0.3) is 5.91 Å². The minimum atomic E-state index is -0.0838. The highest BCUT2D eigenvalue weighted by atomic mass is 16.5. The van der Waals surface area contributed by atoms with Crippen LogP contribution in [0.25, 0.3) is 0 Å². The Balaban J connectivity index is 1.38. The summed E-state index contributed by atoms with van der Waals surface area (Å²) in [5.41, 5.74) is 4.76. The monoisotopic (exact) mass is 406 g/mol. The fourth-order valence-electron chi connectivity index (χ4n) is 5.03. The van der Waals surface area contributed by atoms with E-state index in [1.807, 2.05) is 18.7 Å². The van der Waals surface area contributed by atoms with Crippen molar-refractivity contribution in [3.8, 4) is 0 Å². The molecule has 0 radical (unpaired) electrons. The van der Waals surface area contributed by atoms with Crippen molar-refractivity contribution in [2.75, 3.05) is 19.6 Å². The highest BCUT2D eigenvalue weighted by molar-refractivity contribution is 5.91. The molecule has 30 heavy (non-hydrogen) atoms. The van der Waals surface area contributed by atoms with Crippen molar-refractivity contribution in [1.82, 2.24) is 20.1 Å². The van der Waals surface area contributed by atoms with Crippen LogP contribution in [0.4, 0.5) is 0 Å². The van der Waals surface area contributed by atoms with Gasteiger partial charge >= 0.3 is 0 Å². The SMILES string of the molecule is Cc1noc(C)c1CN1CCC2(CC1)CN(C(=O)c1ccno1)Cc1ccccc12. The number of hydrogen-bond donors (Lipinski definition) is 0. The van der Waals surface area contributed by atoms with E-state index in [2.05, 4.69) is 39.5 Å². The molecule has 2 aliphatic rings. The van der Waals surface area contributed by atoms with Gasteiger partial charge in [-0.15, -0.1) is 0 Å². The van der Waals surface area contributed by atoms with Crippen LogP contribution in [-0.2, 0) is 18.5 Å². The molecule has 1 fully saturated rings. The summed E-state index contributed by atoms with van der Waals surface area (Å²) < 4.78 is 10.5. The molecule has 0 bridgehead atoms. The Morgan fingerprint density at radius 1 is 1.13 bits per heavy atom. The third kappa shape index (κ3) is 3.23. The number of nitrogens with zero attached hydrogens (tertiary/aromatic N) is 4. The minimum absolute atomic E-state index is 0.0280. The number of likely N-dealkylation sites (tertiary alicyclic amines) is 1. The van der Waals surface area contributed by atoms with E-state index in [0.29, 0.717) is 18.8 Å². The maximum absolute atomic E-state index is 13.0. The van der Waals surface area contributed by atoms with Gasteiger partial charge in [-0.05, 0) is 50.9 Å². The third-order valence-electron chi connectivity index (χ3n) is 6.76. The lowest BCUT2D eigenvalue weighted by molar-refractivity contribution is 0.0536. The molecule has 2 aromatic heterocycles. The Hall–Kier alpha value is -2.93. The number of fused-ring (bicyclic) bond motifs is 2. The molecule has 0 atom stereocenters. The lowest BCUT2D eigenvalue weighted by Crippen LogP contribution is -2.53. The number of carbonyl (C=O) groups excluding carboxylic acids is 1. The average Bonchev–Trinajstić information content (AvgIpc) is 3.41. The van der Waals surface area contributed by atoms with Crippen LogP contribution in [0.15, 0.2) is 45.6 Å². The molecule has 5 rings (SSSR count). The van der Waals surface area contributed by atoms with E-state index in [9.17, 15) is 4.79 Å². The molecule has 0 unspecified atom stereocenters. The van der Waals surface area contributed by atoms with E-state index in [4.69, 9.17) is 9.05 Å². The van der Waals surface area contributed by atoms with E-state index >= 15 is 0 Å². The molecule has 1 aromatic carbocycles. The summed E-state index contributed by atoms with van der Waals surface area (Å²) in [7, 11) is 0. The highest BCUT2D eigenvalue weighted by Gasteiger charge is 2.43. The number of aromatic nitrogens is 2. The number of benzene rings is 1. The van der Waals surface area contributed by atoms with Crippen molar-refractivity contribution in [3.05, 3.63) is 70.4 Å². The fraction of sp³-hybridized carbons (Fsp3) is 0.435. The second-order valence-electron chi connectivity index (χ2n) is 8.55. The van der Waals surface area contributed by atoms with Crippen molar-refractivity contribution in [2.45, 2.75) is 45.2 Å². The van der Waals surface area contributed by atoms with Crippen LogP contribution in [0.3, 0.4) is 0 Å². The maximum atomic E-state index is 13.0. The van der Waals surface area contributed by atoms with Crippen LogP contribution in [0.1, 0.15) is 51.5 Å². The molecule has 7 nitrogen and oxygen atoms in total. The van der Waals surface area contributed by atoms with E-state index in [1.165, 1.54) is 22.9 Å². The molecule has 1 spiro atoms. The summed E-state index contributed by atoms with van der Waals surface area (Å²) in [5, 5.41) is 7.79. The summed E-state index contributed by atoms with van der Waals surface area (Å²) in [6.07, 6.45) is 3.54. The molecular weight excluding hydrogens is 380 g/mol. The van der Waals surface area contributed by atoms with Crippen LogP contribution in [0.5, 0.6) is 0 Å². The van der Waals surface area contributed by atoms with Gasteiger partial charge in [0, 0.05) is 36.7 Å². The van der Waals surface area contributed by atoms with Crippen molar-refractivity contribution in [3.63, 3.8) is 0 Å². The first kappa shape index (κ1) is 19.1. The molecule has 1 amide bonds. The van der Waals surface area contributed by atoms with Crippen molar-refractivity contribution in [1.29, 1.82) is 0 Å². The van der Waals surface area contributed by atoms with Gasteiger partial charge in [0.05, 0.1) is 11.9 Å². The molecule has 0 N–H and O–H groups in total. The van der Waals surface area contributed by atoms with Crippen molar-refractivity contribution >= 4 is 5.91 Å². The second kappa shape index (κ2) is 7.40. The summed E-state index contributed by atoms with van der Waals surface area (Å²) >= 11 is 0. The standard InChI is InChI=1S/C23H26N4O3/c1-16-19(17(2)29-25-16)14-26-11-8-23(9-12-26)15-27(22(28)21-7-10-24-30-21)13-18-5-3-4-6-20(18)23/h3-7,10H,8-9,11-15H2,1-2H3. The molecule has 0 aliphatic carbocycles. The zero-order valence-corrected chi connectivity index (χ0v) is 17.4. The van der Waals surface area contributed by atoms with Gasteiger partial charge < -0.3 is 13.9 Å². The average molecular weight is 406 g/mol.